The molecule has 0 aliphatic carbocycles. The number of para-hydroxylation sites is 1. The van der Waals surface area contributed by atoms with Crippen LogP contribution >= 0.6 is 23.1 Å². The molecule has 32 heavy (non-hydrogen) atoms. The SMILES string of the molecule is O=C(CSc1nc2ccccc2s1)N1N=C(c2ccco2)CC1c1ccc2c(c1)OCO2. The maximum atomic E-state index is 13.3. The molecule has 2 aliphatic heterocycles. The lowest BCUT2D eigenvalue weighted by molar-refractivity contribution is -0.130. The van der Waals surface area contributed by atoms with Crippen molar-refractivity contribution in [1.82, 2.24) is 9.99 Å². The molecule has 0 radical (unpaired) electrons. The van der Waals surface area contributed by atoms with Gasteiger partial charge in [0, 0.05) is 6.42 Å². The summed E-state index contributed by atoms with van der Waals surface area (Å²) >= 11 is 3.03. The van der Waals surface area contributed by atoms with Crippen molar-refractivity contribution < 1.29 is 18.7 Å². The Hall–Kier alpha value is -3.30. The van der Waals surface area contributed by atoms with Gasteiger partial charge in [0.05, 0.1) is 28.3 Å². The third-order valence-electron chi connectivity index (χ3n) is 5.35. The van der Waals surface area contributed by atoms with Crippen LogP contribution in [0.3, 0.4) is 0 Å². The van der Waals surface area contributed by atoms with Gasteiger partial charge in [-0.15, -0.1) is 11.3 Å². The van der Waals surface area contributed by atoms with Crippen LogP contribution in [0.15, 0.2) is 74.7 Å². The Morgan fingerprint density at radius 2 is 2.03 bits per heavy atom. The van der Waals surface area contributed by atoms with E-state index in [1.807, 2.05) is 54.6 Å². The number of carbonyl (C=O) groups is 1. The fourth-order valence-corrected chi connectivity index (χ4v) is 5.74. The van der Waals surface area contributed by atoms with Crippen LogP contribution in [0.4, 0.5) is 0 Å². The first-order chi connectivity index (χ1) is 15.7. The van der Waals surface area contributed by atoms with Gasteiger partial charge in [-0.1, -0.05) is 30.0 Å². The predicted molar refractivity (Wildman–Crippen MR) is 122 cm³/mol. The van der Waals surface area contributed by atoms with Crippen molar-refractivity contribution in [3.05, 3.63) is 72.2 Å². The maximum Gasteiger partial charge on any atom is 0.253 e. The number of hydrogen-bond donors (Lipinski definition) is 0. The largest absolute Gasteiger partial charge is 0.463 e. The molecule has 0 fully saturated rings. The molecule has 2 aromatic heterocycles. The summed E-state index contributed by atoms with van der Waals surface area (Å²) in [4.78, 5) is 17.9. The Labute approximate surface area is 191 Å². The van der Waals surface area contributed by atoms with Gasteiger partial charge >= 0.3 is 0 Å². The maximum absolute atomic E-state index is 13.3. The highest BCUT2D eigenvalue weighted by Gasteiger charge is 2.35. The predicted octanol–water partition coefficient (Wildman–Crippen LogP) is 5.09. The third-order valence-corrected chi connectivity index (χ3v) is 7.51. The summed E-state index contributed by atoms with van der Waals surface area (Å²) in [7, 11) is 0. The fraction of sp³-hybridized carbons (Fsp3) is 0.174. The number of benzene rings is 2. The van der Waals surface area contributed by atoms with Crippen molar-refractivity contribution in [2.24, 2.45) is 5.10 Å². The minimum atomic E-state index is -0.243. The molecule has 6 rings (SSSR count). The second-order valence-electron chi connectivity index (χ2n) is 7.33. The summed E-state index contributed by atoms with van der Waals surface area (Å²) in [5.74, 6) is 2.23. The van der Waals surface area contributed by atoms with Gasteiger partial charge in [0.25, 0.3) is 5.91 Å². The highest BCUT2D eigenvalue weighted by Crippen LogP contribution is 2.40. The highest BCUT2D eigenvalue weighted by molar-refractivity contribution is 8.01. The van der Waals surface area contributed by atoms with Gasteiger partial charge in [-0.2, -0.15) is 5.10 Å². The molecule has 2 aromatic carbocycles. The second-order valence-corrected chi connectivity index (χ2v) is 9.58. The van der Waals surface area contributed by atoms with Gasteiger partial charge in [0.1, 0.15) is 11.5 Å². The summed E-state index contributed by atoms with van der Waals surface area (Å²) in [6.07, 6.45) is 2.17. The van der Waals surface area contributed by atoms with E-state index >= 15 is 0 Å². The van der Waals surface area contributed by atoms with Crippen molar-refractivity contribution in [3.8, 4) is 11.5 Å². The number of thioether (sulfide) groups is 1. The minimum absolute atomic E-state index is 0.0847. The van der Waals surface area contributed by atoms with Gasteiger partial charge in [-0.05, 0) is 42.0 Å². The molecular formula is C23H17N3O4S2. The second kappa shape index (κ2) is 7.99. The van der Waals surface area contributed by atoms with Crippen LogP contribution < -0.4 is 9.47 Å². The third kappa shape index (κ3) is 3.53. The van der Waals surface area contributed by atoms with E-state index in [9.17, 15) is 4.79 Å². The smallest absolute Gasteiger partial charge is 0.253 e. The van der Waals surface area contributed by atoms with Crippen LogP contribution in [-0.4, -0.2) is 34.2 Å². The van der Waals surface area contributed by atoms with Gasteiger partial charge in [-0.25, -0.2) is 9.99 Å². The Kier molecular flexibility index (Phi) is 4.84. The van der Waals surface area contributed by atoms with E-state index in [1.165, 1.54) is 11.8 Å². The van der Waals surface area contributed by atoms with Crippen LogP contribution in [0.1, 0.15) is 23.8 Å². The van der Waals surface area contributed by atoms with E-state index in [-0.39, 0.29) is 24.5 Å². The topological polar surface area (TPSA) is 77.2 Å². The molecule has 1 atom stereocenters. The first-order valence-electron chi connectivity index (χ1n) is 10.1. The summed E-state index contributed by atoms with van der Waals surface area (Å²) in [6, 6.07) is 17.2. The molecule has 1 unspecified atom stereocenters. The number of ether oxygens (including phenoxy) is 2. The van der Waals surface area contributed by atoms with Crippen molar-refractivity contribution >= 4 is 44.9 Å². The number of furan rings is 1. The number of hydrogen-bond acceptors (Lipinski definition) is 8. The summed E-state index contributed by atoms with van der Waals surface area (Å²) < 4.78 is 18.5. The Morgan fingerprint density at radius 3 is 2.91 bits per heavy atom. The number of rotatable bonds is 5. The van der Waals surface area contributed by atoms with E-state index < -0.39 is 0 Å². The molecule has 4 heterocycles. The monoisotopic (exact) mass is 463 g/mol. The van der Waals surface area contributed by atoms with Crippen LogP contribution in [-0.2, 0) is 4.79 Å². The number of fused-ring (bicyclic) bond motifs is 2. The molecule has 0 N–H and O–H groups in total. The fourth-order valence-electron chi connectivity index (χ4n) is 3.81. The Balaban J connectivity index is 1.26. The van der Waals surface area contributed by atoms with Crippen molar-refractivity contribution in [1.29, 1.82) is 0 Å². The van der Waals surface area contributed by atoms with E-state index in [1.54, 1.807) is 22.6 Å². The zero-order valence-corrected chi connectivity index (χ0v) is 18.4. The molecule has 4 aromatic rings. The summed E-state index contributed by atoms with van der Waals surface area (Å²) in [6.45, 7) is 0.207. The van der Waals surface area contributed by atoms with Gasteiger partial charge in [0.2, 0.25) is 6.79 Å². The van der Waals surface area contributed by atoms with Crippen LogP contribution in [0.2, 0.25) is 0 Å². The molecular weight excluding hydrogens is 446 g/mol. The quantitative estimate of drug-likeness (QED) is 0.384. The normalized spacial score (nSPS) is 17.2. The molecule has 160 valence electrons. The lowest BCUT2D eigenvalue weighted by Crippen LogP contribution is -2.28. The molecule has 1 amide bonds. The number of amides is 1. The van der Waals surface area contributed by atoms with E-state index in [2.05, 4.69) is 10.1 Å². The van der Waals surface area contributed by atoms with E-state index in [0.717, 1.165) is 25.8 Å². The van der Waals surface area contributed by atoms with Gasteiger partial charge in [-0.3, -0.25) is 4.79 Å². The molecule has 0 bridgehead atoms. The van der Waals surface area contributed by atoms with E-state index in [0.29, 0.717) is 23.7 Å². The Bertz CT molecular complexity index is 1300. The zero-order chi connectivity index (χ0) is 21.5. The van der Waals surface area contributed by atoms with Crippen LogP contribution in [0.25, 0.3) is 10.2 Å². The van der Waals surface area contributed by atoms with Crippen molar-refractivity contribution in [3.63, 3.8) is 0 Å². The van der Waals surface area contributed by atoms with Gasteiger partial charge in [0.15, 0.2) is 15.8 Å². The number of thiazole rings is 1. The molecule has 7 nitrogen and oxygen atoms in total. The van der Waals surface area contributed by atoms with E-state index in [4.69, 9.17) is 13.9 Å². The van der Waals surface area contributed by atoms with Gasteiger partial charge < -0.3 is 13.9 Å². The molecule has 0 saturated carbocycles. The average molecular weight is 464 g/mol. The average Bonchev–Trinajstić information content (AvgIpc) is 3.61. The minimum Gasteiger partial charge on any atom is -0.463 e. The first-order valence-corrected chi connectivity index (χ1v) is 11.9. The molecule has 9 heteroatoms. The number of hydrazone groups is 1. The van der Waals surface area contributed by atoms with Crippen LogP contribution in [0.5, 0.6) is 11.5 Å². The molecule has 0 spiro atoms. The lowest BCUT2D eigenvalue weighted by atomic mass is 10.0. The standard InChI is InChI=1S/C23H17N3O4S2/c27-22(12-31-23-24-15-4-1-2-6-21(15)32-23)26-17(11-16(25-26)18-5-3-9-28-18)14-7-8-19-20(10-14)30-13-29-19/h1-10,17H,11-13H2. The summed E-state index contributed by atoms with van der Waals surface area (Å²) in [5.41, 5.74) is 2.64. The molecule has 0 saturated heterocycles. The highest BCUT2D eigenvalue weighted by atomic mass is 32.2. The number of nitrogens with zero attached hydrogens (tertiary/aromatic N) is 3. The molecule has 2 aliphatic rings. The lowest BCUT2D eigenvalue weighted by Gasteiger charge is -2.22. The summed E-state index contributed by atoms with van der Waals surface area (Å²) in [5, 5.41) is 6.21. The number of aromatic nitrogens is 1. The van der Waals surface area contributed by atoms with Crippen LogP contribution in [0, 0.1) is 0 Å². The zero-order valence-electron chi connectivity index (χ0n) is 16.8. The van der Waals surface area contributed by atoms with Crippen molar-refractivity contribution in [2.45, 2.75) is 16.8 Å². The number of carbonyl (C=O) groups excluding carboxylic acids is 1. The Morgan fingerprint density at radius 1 is 1.12 bits per heavy atom. The first kappa shape index (κ1) is 19.4. The van der Waals surface area contributed by atoms with Crippen molar-refractivity contribution in [2.75, 3.05) is 12.5 Å².